The zero-order valence-corrected chi connectivity index (χ0v) is 18.1. The Morgan fingerprint density at radius 1 is 1.15 bits per heavy atom. The number of benzene rings is 1. The largest absolute Gasteiger partial charge is 0.486 e. The molecule has 0 spiro atoms. The summed E-state index contributed by atoms with van der Waals surface area (Å²) in [5.41, 5.74) is -0.0862. The molecule has 8 heteroatoms. The Balaban J connectivity index is 2.05. The second-order valence-electron chi connectivity index (χ2n) is 7.85. The number of hydrogen-bond donors (Lipinski definition) is 0. The van der Waals surface area contributed by atoms with Crippen LogP contribution in [0.3, 0.4) is 0 Å². The Morgan fingerprint density at radius 3 is 2.33 bits per heavy atom. The van der Waals surface area contributed by atoms with Gasteiger partial charge in [0.1, 0.15) is 11.9 Å². The van der Waals surface area contributed by atoms with Gasteiger partial charge in [0.15, 0.2) is 10.9 Å². The third kappa shape index (κ3) is 4.02. The van der Waals surface area contributed by atoms with E-state index in [-0.39, 0.29) is 28.5 Å². The van der Waals surface area contributed by atoms with E-state index in [2.05, 4.69) is 0 Å². The first-order chi connectivity index (χ1) is 12.5. The fourth-order valence-electron chi connectivity index (χ4n) is 3.14. The van der Waals surface area contributed by atoms with Crippen LogP contribution in [0.5, 0.6) is 5.75 Å². The van der Waals surface area contributed by atoms with Gasteiger partial charge in [-0.25, -0.2) is 9.36 Å². The van der Waals surface area contributed by atoms with Gasteiger partial charge in [-0.2, -0.15) is 0 Å². The Kier molecular flexibility index (Phi) is 5.61. The fraction of sp³-hybridized carbons (Fsp3) is 0.526. The van der Waals surface area contributed by atoms with E-state index in [9.17, 15) is 4.79 Å². The number of hydrogen-bond acceptors (Lipinski definition) is 4. The number of aromatic nitrogens is 1. The van der Waals surface area contributed by atoms with Crippen LogP contribution in [0.25, 0.3) is 5.69 Å². The molecule has 27 heavy (non-hydrogen) atoms. The highest BCUT2D eigenvalue weighted by molar-refractivity contribution is 6.37. The fourth-order valence-corrected chi connectivity index (χ4v) is 4.13. The lowest BCUT2D eigenvalue weighted by Gasteiger charge is -2.19. The van der Waals surface area contributed by atoms with Crippen molar-refractivity contribution < 1.29 is 13.9 Å². The van der Waals surface area contributed by atoms with Gasteiger partial charge < -0.3 is 13.9 Å². The molecule has 1 fully saturated rings. The highest BCUT2D eigenvalue weighted by atomic mass is 35.5. The first kappa shape index (κ1) is 20.6. The van der Waals surface area contributed by atoms with Crippen LogP contribution < -0.4 is 10.5 Å². The molecule has 5 nitrogen and oxygen atoms in total. The van der Waals surface area contributed by atoms with Crippen molar-refractivity contribution >= 4 is 34.8 Å². The first-order valence-electron chi connectivity index (χ1n) is 8.72. The van der Waals surface area contributed by atoms with Crippen LogP contribution >= 0.6 is 34.8 Å². The number of rotatable bonds is 3. The van der Waals surface area contributed by atoms with E-state index in [1.807, 2.05) is 34.6 Å². The molecule has 0 bridgehead atoms. The maximum Gasteiger partial charge on any atom is 0.425 e. The summed E-state index contributed by atoms with van der Waals surface area (Å²) in [4.78, 5) is 12.5. The average molecular weight is 435 g/mol. The molecule has 0 amide bonds. The van der Waals surface area contributed by atoms with E-state index in [0.717, 1.165) is 6.42 Å². The molecule has 0 N–H and O–H groups in total. The highest BCUT2D eigenvalue weighted by Crippen LogP contribution is 2.38. The third-order valence-electron chi connectivity index (χ3n) is 4.49. The normalized spacial score (nSPS) is 23.0. The lowest BCUT2D eigenvalue weighted by atomic mass is 9.94. The van der Waals surface area contributed by atoms with E-state index in [1.165, 1.54) is 10.6 Å². The van der Waals surface area contributed by atoms with Crippen molar-refractivity contribution in [3.8, 4) is 11.4 Å². The summed E-state index contributed by atoms with van der Waals surface area (Å²) in [6, 6.07) is 3.14. The van der Waals surface area contributed by atoms with Crippen molar-refractivity contribution in [2.45, 2.75) is 64.8 Å². The predicted octanol–water partition coefficient (Wildman–Crippen LogP) is 5.63. The molecule has 148 valence electrons. The van der Waals surface area contributed by atoms with Gasteiger partial charge in [0.2, 0.25) is 0 Å². The molecule has 0 aliphatic carbocycles. The summed E-state index contributed by atoms with van der Waals surface area (Å²) < 4.78 is 18.4. The van der Waals surface area contributed by atoms with Crippen molar-refractivity contribution in [1.29, 1.82) is 0 Å². The van der Waals surface area contributed by atoms with Crippen LogP contribution in [0.1, 0.15) is 46.8 Å². The standard InChI is InChI=1S/C19H22Cl3NO4/c1-9-6-14(10(2)25-9)26-15-8-13(11(20)7-12(15)21)23-17(22)16(19(3,4)5)27-18(23)24/h7-10,14H,6H2,1-5H3. The van der Waals surface area contributed by atoms with Crippen LogP contribution in [-0.2, 0) is 10.2 Å². The molecular weight excluding hydrogens is 413 g/mol. The quantitative estimate of drug-likeness (QED) is 0.628. The predicted molar refractivity (Wildman–Crippen MR) is 107 cm³/mol. The molecule has 0 radical (unpaired) electrons. The van der Waals surface area contributed by atoms with Crippen LogP contribution in [0.2, 0.25) is 15.2 Å². The van der Waals surface area contributed by atoms with E-state index >= 15 is 0 Å². The molecule has 0 saturated carbocycles. The highest BCUT2D eigenvalue weighted by Gasteiger charge is 2.32. The molecule has 1 aliphatic heterocycles. The van der Waals surface area contributed by atoms with Crippen LogP contribution in [-0.4, -0.2) is 22.9 Å². The van der Waals surface area contributed by atoms with Crippen molar-refractivity contribution in [3.05, 3.63) is 43.6 Å². The molecule has 2 aromatic rings. The van der Waals surface area contributed by atoms with E-state index < -0.39 is 11.2 Å². The summed E-state index contributed by atoms with van der Waals surface area (Å²) in [7, 11) is 0. The number of halogens is 3. The van der Waals surface area contributed by atoms with Gasteiger partial charge in [0, 0.05) is 17.9 Å². The van der Waals surface area contributed by atoms with Crippen molar-refractivity contribution in [3.63, 3.8) is 0 Å². The van der Waals surface area contributed by atoms with Gasteiger partial charge in [-0.3, -0.25) is 0 Å². The Morgan fingerprint density at radius 2 is 1.81 bits per heavy atom. The van der Waals surface area contributed by atoms with Gasteiger partial charge in [0.25, 0.3) is 0 Å². The minimum atomic E-state index is -0.619. The SMILES string of the molecule is CC1CC(Oc2cc(-n3c(Cl)c(C(C)(C)C)oc3=O)c(Cl)cc2Cl)C(C)O1. The maximum absolute atomic E-state index is 12.5. The van der Waals surface area contributed by atoms with E-state index in [1.54, 1.807) is 6.07 Å². The third-order valence-corrected chi connectivity index (χ3v) is 5.43. The van der Waals surface area contributed by atoms with E-state index in [4.69, 9.17) is 48.7 Å². The Labute approximate surface area is 173 Å². The second kappa shape index (κ2) is 7.36. The van der Waals surface area contributed by atoms with Gasteiger partial charge in [0.05, 0.1) is 27.9 Å². The summed E-state index contributed by atoms with van der Waals surface area (Å²) in [5, 5.41) is 0.787. The summed E-state index contributed by atoms with van der Waals surface area (Å²) in [6.45, 7) is 9.66. The van der Waals surface area contributed by atoms with Crippen LogP contribution in [0, 0.1) is 0 Å². The number of ether oxygens (including phenoxy) is 2. The van der Waals surface area contributed by atoms with Crippen molar-refractivity contribution in [1.82, 2.24) is 4.57 Å². The lowest BCUT2D eigenvalue weighted by Crippen LogP contribution is -2.24. The molecule has 1 aromatic heterocycles. The molecule has 3 rings (SSSR count). The lowest BCUT2D eigenvalue weighted by molar-refractivity contribution is 0.0360. The van der Waals surface area contributed by atoms with Gasteiger partial charge >= 0.3 is 5.76 Å². The Bertz CT molecular complexity index is 913. The van der Waals surface area contributed by atoms with Crippen LogP contribution in [0.4, 0.5) is 0 Å². The number of oxazole rings is 1. The molecule has 1 aromatic carbocycles. The van der Waals surface area contributed by atoms with Gasteiger partial charge in [-0.1, -0.05) is 55.6 Å². The summed E-state index contributed by atoms with van der Waals surface area (Å²) in [5.74, 6) is 0.174. The molecule has 1 saturated heterocycles. The van der Waals surface area contributed by atoms with Gasteiger partial charge in [-0.05, 0) is 19.9 Å². The number of nitrogens with zero attached hydrogens (tertiary/aromatic N) is 1. The first-order valence-corrected chi connectivity index (χ1v) is 9.85. The zero-order valence-electron chi connectivity index (χ0n) is 15.8. The van der Waals surface area contributed by atoms with Crippen LogP contribution in [0.15, 0.2) is 21.3 Å². The van der Waals surface area contributed by atoms with Crippen molar-refractivity contribution in [2.75, 3.05) is 0 Å². The molecular formula is C19H22Cl3NO4. The zero-order chi connectivity index (χ0) is 20.1. The van der Waals surface area contributed by atoms with Gasteiger partial charge in [-0.15, -0.1) is 0 Å². The maximum atomic E-state index is 12.5. The smallest absolute Gasteiger partial charge is 0.425 e. The minimum Gasteiger partial charge on any atom is -0.486 e. The second-order valence-corrected chi connectivity index (χ2v) is 9.02. The summed E-state index contributed by atoms with van der Waals surface area (Å²) in [6.07, 6.45) is 0.641. The molecule has 3 unspecified atom stereocenters. The van der Waals surface area contributed by atoms with E-state index in [0.29, 0.717) is 22.2 Å². The minimum absolute atomic E-state index is 0.0667. The summed E-state index contributed by atoms with van der Waals surface area (Å²) >= 11 is 19.1. The topological polar surface area (TPSA) is 53.6 Å². The molecule has 3 atom stereocenters. The average Bonchev–Trinajstić information content (AvgIpc) is 3.01. The Hall–Kier alpha value is -1.14. The molecule has 2 heterocycles. The molecule has 1 aliphatic rings. The van der Waals surface area contributed by atoms with Crippen molar-refractivity contribution in [2.24, 2.45) is 0 Å². The monoisotopic (exact) mass is 433 g/mol.